The molecule has 0 spiro atoms. The van der Waals surface area contributed by atoms with Gasteiger partial charge in [0.25, 0.3) is 5.91 Å². The van der Waals surface area contributed by atoms with Gasteiger partial charge in [0, 0.05) is 18.3 Å². The van der Waals surface area contributed by atoms with Gasteiger partial charge in [-0.3, -0.25) is 4.79 Å². The van der Waals surface area contributed by atoms with Crippen LogP contribution in [0, 0.1) is 5.92 Å². The summed E-state index contributed by atoms with van der Waals surface area (Å²) in [5.41, 5.74) is 12.1. The highest BCUT2D eigenvalue weighted by Crippen LogP contribution is 2.23. The van der Waals surface area contributed by atoms with E-state index in [2.05, 4.69) is 5.32 Å². The van der Waals surface area contributed by atoms with Crippen molar-refractivity contribution in [1.82, 2.24) is 0 Å². The van der Waals surface area contributed by atoms with E-state index in [1.807, 2.05) is 13.8 Å². The van der Waals surface area contributed by atoms with Crippen LogP contribution in [-0.2, 0) is 0 Å². The van der Waals surface area contributed by atoms with Crippen molar-refractivity contribution >= 4 is 23.2 Å². The van der Waals surface area contributed by atoms with Crippen LogP contribution >= 0.6 is 11.6 Å². The summed E-state index contributed by atoms with van der Waals surface area (Å²) in [6.07, 6.45) is 0. The summed E-state index contributed by atoms with van der Waals surface area (Å²) in [6.45, 7) is 4.65. The van der Waals surface area contributed by atoms with Crippen LogP contribution in [0.5, 0.6) is 0 Å². The lowest BCUT2D eigenvalue weighted by molar-refractivity contribution is 0.100. The second kappa shape index (κ2) is 5.89. The van der Waals surface area contributed by atoms with Crippen LogP contribution in [0.2, 0.25) is 5.02 Å². The van der Waals surface area contributed by atoms with Gasteiger partial charge in [-0.05, 0) is 18.1 Å². The van der Waals surface area contributed by atoms with Crippen LogP contribution < -0.4 is 16.8 Å². The Morgan fingerprint density at radius 1 is 1.47 bits per heavy atom. The number of halogens is 1. The fourth-order valence-corrected chi connectivity index (χ4v) is 1.65. The first-order valence-corrected chi connectivity index (χ1v) is 5.89. The second-order valence-corrected chi connectivity index (χ2v) is 4.72. The van der Waals surface area contributed by atoms with E-state index in [9.17, 15) is 4.79 Å². The zero-order chi connectivity index (χ0) is 13.0. The van der Waals surface area contributed by atoms with Gasteiger partial charge in [-0.15, -0.1) is 0 Å². The molecule has 1 atom stereocenters. The van der Waals surface area contributed by atoms with Crippen molar-refractivity contribution < 1.29 is 4.79 Å². The molecule has 1 aromatic carbocycles. The summed E-state index contributed by atoms with van der Waals surface area (Å²) in [4.78, 5) is 11.3. The fraction of sp³-hybridized carbons (Fsp3) is 0.417. The molecule has 1 rings (SSSR count). The number of rotatable bonds is 5. The Kier molecular flexibility index (Phi) is 4.78. The number of amides is 1. The monoisotopic (exact) mass is 255 g/mol. The number of primary amides is 1. The Hall–Kier alpha value is -1.26. The first-order chi connectivity index (χ1) is 7.93. The average Bonchev–Trinajstić information content (AvgIpc) is 2.24. The first-order valence-electron chi connectivity index (χ1n) is 5.51. The van der Waals surface area contributed by atoms with E-state index in [-0.39, 0.29) is 6.04 Å². The normalized spacial score (nSPS) is 12.5. The predicted molar refractivity (Wildman–Crippen MR) is 71.3 cm³/mol. The standard InChI is InChI=1S/C12H18ClN3O/c1-7(2)9(14)6-16-10-5-3-4-8(13)11(10)12(15)17/h3-5,7,9,16H,6,14H2,1-2H3,(H2,15,17). The lowest BCUT2D eigenvalue weighted by atomic mass is 10.1. The number of hydrogen-bond acceptors (Lipinski definition) is 3. The Bertz CT molecular complexity index is 407. The highest BCUT2D eigenvalue weighted by Gasteiger charge is 2.13. The van der Waals surface area contributed by atoms with Crippen molar-refractivity contribution in [3.8, 4) is 0 Å². The number of benzene rings is 1. The molecule has 0 aromatic heterocycles. The largest absolute Gasteiger partial charge is 0.383 e. The molecule has 0 heterocycles. The molecule has 0 bridgehead atoms. The number of nitrogens with two attached hydrogens (primary N) is 2. The van der Waals surface area contributed by atoms with Crippen molar-refractivity contribution in [2.75, 3.05) is 11.9 Å². The lowest BCUT2D eigenvalue weighted by Crippen LogP contribution is -2.34. The molecule has 17 heavy (non-hydrogen) atoms. The van der Waals surface area contributed by atoms with E-state index in [1.54, 1.807) is 18.2 Å². The summed E-state index contributed by atoms with van der Waals surface area (Å²) < 4.78 is 0. The minimum Gasteiger partial charge on any atom is -0.383 e. The molecule has 1 aromatic rings. The Labute approximate surface area is 106 Å². The van der Waals surface area contributed by atoms with Gasteiger partial charge < -0.3 is 16.8 Å². The predicted octanol–water partition coefficient (Wildman–Crippen LogP) is 1.83. The highest BCUT2D eigenvalue weighted by atomic mass is 35.5. The van der Waals surface area contributed by atoms with Crippen LogP contribution in [0.1, 0.15) is 24.2 Å². The van der Waals surface area contributed by atoms with Gasteiger partial charge in [-0.2, -0.15) is 0 Å². The SMILES string of the molecule is CC(C)C(N)CNc1cccc(Cl)c1C(N)=O. The van der Waals surface area contributed by atoms with Crippen molar-refractivity contribution in [3.63, 3.8) is 0 Å². The molecule has 94 valence electrons. The zero-order valence-corrected chi connectivity index (χ0v) is 10.8. The molecule has 0 aliphatic rings. The number of carbonyl (C=O) groups excluding carboxylic acids is 1. The quantitative estimate of drug-likeness (QED) is 0.751. The van der Waals surface area contributed by atoms with Gasteiger partial charge in [0.05, 0.1) is 10.6 Å². The molecule has 5 heteroatoms. The molecule has 0 saturated heterocycles. The maximum Gasteiger partial charge on any atom is 0.252 e. The fourth-order valence-electron chi connectivity index (χ4n) is 1.39. The molecule has 4 nitrogen and oxygen atoms in total. The second-order valence-electron chi connectivity index (χ2n) is 4.32. The van der Waals surface area contributed by atoms with Crippen LogP contribution in [0.4, 0.5) is 5.69 Å². The van der Waals surface area contributed by atoms with E-state index in [0.717, 1.165) is 0 Å². The van der Waals surface area contributed by atoms with Gasteiger partial charge >= 0.3 is 0 Å². The molecule has 1 amide bonds. The Morgan fingerprint density at radius 3 is 2.65 bits per heavy atom. The molecule has 0 saturated carbocycles. The molecular formula is C12H18ClN3O. The Balaban J connectivity index is 2.84. The van der Waals surface area contributed by atoms with Gasteiger partial charge in [0.15, 0.2) is 0 Å². The van der Waals surface area contributed by atoms with Crippen molar-refractivity contribution in [3.05, 3.63) is 28.8 Å². The summed E-state index contributed by atoms with van der Waals surface area (Å²) >= 11 is 5.93. The van der Waals surface area contributed by atoms with E-state index in [4.69, 9.17) is 23.1 Å². The summed E-state index contributed by atoms with van der Waals surface area (Å²) in [5, 5.41) is 3.45. The molecule has 1 unspecified atom stereocenters. The lowest BCUT2D eigenvalue weighted by Gasteiger charge is -2.18. The smallest absolute Gasteiger partial charge is 0.252 e. The van der Waals surface area contributed by atoms with Gasteiger partial charge in [0.2, 0.25) is 0 Å². The zero-order valence-electron chi connectivity index (χ0n) is 10.0. The summed E-state index contributed by atoms with van der Waals surface area (Å²) in [5.74, 6) is -0.185. The van der Waals surface area contributed by atoms with Crippen molar-refractivity contribution in [2.45, 2.75) is 19.9 Å². The third kappa shape index (κ3) is 3.61. The number of hydrogen-bond donors (Lipinski definition) is 3. The topological polar surface area (TPSA) is 81.1 Å². The van der Waals surface area contributed by atoms with Crippen LogP contribution in [0.3, 0.4) is 0 Å². The van der Waals surface area contributed by atoms with Gasteiger partial charge in [-0.1, -0.05) is 31.5 Å². The van der Waals surface area contributed by atoms with Crippen LogP contribution in [0.25, 0.3) is 0 Å². The molecule has 5 N–H and O–H groups in total. The van der Waals surface area contributed by atoms with E-state index in [0.29, 0.717) is 28.7 Å². The summed E-state index contributed by atoms with van der Waals surface area (Å²) in [7, 11) is 0. The minimum atomic E-state index is -0.545. The minimum absolute atomic E-state index is 0.00899. The average molecular weight is 256 g/mol. The number of carbonyl (C=O) groups is 1. The van der Waals surface area contributed by atoms with E-state index < -0.39 is 5.91 Å². The van der Waals surface area contributed by atoms with Crippen LogP contribution in [-0.4, -0.2) is 18.5 Å². The molecule has 0 radical (unpaired) electrons. The van der Waals surface area contributed by atoms with Gasteiger partial charge in [-0.25, -0.2) is 0 Å². The maximum atomic E-state index is 11.3. The van der Waals surface area contributed by atoms with E-state index in [1.165, 1.54) is 0 Å². The van der Waals surface area contributed by atoms with Crippen molar-refractivity contribution in [1.29, 1.82) is 0 Å². The molecular weight excluding hydrogens is 238 g/mol. The third-order valence-electron chi connectivity index (χ3n) is 2.64. The van der Waals surface area contributed by atoms with E-state index >= 15 is 0 Å². The summed E-state index contributed by atoms with van der Waals surface area (Å²) in [6, 6.07) is 5.17. The number of anilines is 1. The third-order valence-corrected chi connectivity index (χ3v) is 2.96. The van der Waals surface area contributed by atoms with Crippen LogP contribution in [0.15, 0.2) is 18.2 Å². The molecule has 0 aliphatic carbocycles. The molecule has 0 aliphatic heterocycles. The highest BCUT2D eigenvalue weighted by molar-refractivity contribution is 6.34. The Morgan fingerprint density at radius 2 is 2.12 bits per heavy atom. The maximum absolute atomic E-state index is 11.3. The van der Waals surface area contributed by atoms with Crippen molar-refractivity contribution in [2.24, 2.45) is 17.4 Å². The number of nitrogens with one attached hydrogen (secondary N) is 1. The first kappa shape index (κ1) is 13.8. The van der Waals surface area contributed by atoms with Gasteiger partial charge in [0.1, 0.15) is 0 Å². The molecule has 0 fully saturated rings.